The first kappa shape index (κ1) is 16.0. The Morgan fingerprint density at radius 3 is 2.96 bits per heavy atom. The van der Waals surface area contributed by atoms with Crippen molar-refractivity contribution in [3.63, 3.8) is 0 Å². The van der Waals surface area contributed by atoms with Gasteiger partial charge in [0.15, 0.2) is 0 Å². The zero-order valence-electron chi connectivity index (χ0n) is 14.4. The van der Waals surface area contributed by atoms with Crippen molar-refractivity contribution in [3.8, 4) is 0 Å². The maximum absolute atomic E-state index is 12.9. The molecule has 1 unspecified atom stereocenters. The van der Waals surface area contributed by atoms with E-state index in [1.165, 1.54) is 12.8 Å². The lowest BCUT2D eigenvalue weighted by molar-refractivity contribution is -0.146. The van der Waals surface area contributed by atoms with Crippen molar-refractivity contribution in [2.24, 2.45) is 5.41 Å². The Bertz CT molecular complexity index is 600. The summed E-state index contributed by atoms with van der Waals surface area (Å²) in [5.74, 6) is 2.27. The van der Waals surface area contributed by atoms with Crippen molar-refractivity contribution in [3.05, 3.63) is 11.8 Å². The second-order valence-electron chi connectivity index (χ2n) is 7.44. The van der Waals surface area contributed by atoms with Gasteiger partial charge in [0.05, 0.1) is 18.6 Å². The van der Waals surface area contributed by atoms with Crippen LogP contribution in [-0.4, -0.2) is 65.8 Å². The van der Waals surface area contributed by atoms with Gasteiger partial charge in [0.1, 0.15) is 0 Å². The Hall–Kier alpha value is -1.47. The lowest BCUT2D eigenvalue weighted by Gasteiger charge is -2.39. The Morgan fingerprint density at radius 2 is 2.17 bits per heavy atom. The van der Waals surface area contributed by atoms with E-state index in [0.29, 0.717) is 37.4 Å². The molecule has 132 valence electrons. The lowest BCUT2D eigenvalue weighted by atomic mass is 9.78. The van der Waals surface area contributed by atoms with Gasteiger partial charge in [-0.25, -0.2) is 0 Å². The molecule has 2 aliphatic heterocycles. The van der Waals surface area contributed by atoms with Gasteiger partial charge in [-0.05, 0) is 38.6 Å². The van der Waals surface area contributed by atoms with Crippen LogP contribution in [0, 0.1) is 5.41 Å². The van der Waals surface area contributed by atoms with Gasteiger partial charge in [0.2, 0.25) is 17.7 Å². The van der Waals surface area contributed by atoms with E-state index in [0.717, 1.165) is 44.8 Å². The summed E-state index contributed by atoms with van der Waals surface area (Å²) in [5.41, 5.74) is -0.217. The Morgan fingerprint density at radius 1 is 1.29 bits per heavy atom. The molecule has 1 saturated carbocycles. The van der Waals surface area contributed by atoms with Gasteiger partial charge in [-0.3, -0.25) is 9.69 Å². The minimum atomic E-state index is -0.217. The summed E-state index contributed by atoms with van der Waals surface area (Å²) in [6.45, 7) is 4.55. The van der Waals surface area contributed by atoms with Gasteiger partial charge in [0, 0.05) is 32.7 Å². The first-order valence-corrected chi connectivity index (χ1v) is 9.03. The standard InChI is InChI=1S/C17H26N4O3/c1-23-10-9-21-7-2-5-17(16(21)22)6-8-20(12-17)11-14-18-19-15(24-14)13-3-4-13/h13H,2-12H2,1H3. The number of piperidine rings is 1. The number of amides is 1. The van der Waals surface area contributed by atoms with Gasteiger partial charge in [0.25, 0.3) is 0 Å². The second kappa shape index (κ2) is 6.44. The smallest absolute Gasteiger partial charge is 0.230 e. The first-order chi connectivity index (χ1) is 11.7. The van der Waals surface area contributed by atoms with Crippen LogP contribution in [-0.2, 0) is 16.1 Å². The SMILES string of the molecule is COCCN1CCCC2(CCN(Cc3nnc(C4CC4)o3)C2)C1=O. The number of carbonyl (C=O) groups is 1. The molecule has 1 amide bonds. The maximum atomic E-state index is 12.9. The number of nitrogens with zero attached hydrogens (tertiary/aromatic N) is 4. The molecule has 3 heterocycles. The number of aromatic nitrogens is 2. The van der Waals surface area contributed by atoms with Crippen LogP contribution < -0.4 is 0 Å². The van der Waals surface area contributed by atoms with Gasteiger partial charge in [-0.15, -0.1) is 10.2 Å². The summed E-state index contributed by atoms with van der Waals surface area (Å²) < 4.78 is 10.9. The number of rotatable bonds is 6. The third-order valence-corrected chi connectivity index (χ3v) is 5.59. The molecule has 3 aliphatic rings. The topological polar surface area (TPSA) is 71.7 Å². The average Bonchev–Trinajstić information content (AvgIpc) is 3.21. The number of likely N-dealkylation sites (tertiary alicyclic amines) is 2. The van der Waals surface area contributed by atoms with Crippen LogP contribution in [0.5, 0.6) is 0 Å². The summed E-state index contributed by atoms with van der Waals surface area (Å²) in [6, 6.07) is 0. The Kier molecular flexibility index (Phi) is 4.30. The molecule has 7 heteroatoms. The normalized spacial score (nSPS) is 28.2. The van der Waals surface area contributed by atoms with E-state index in [-0.39, 0.29) is 5.41 Å². The fraction of sp³-hybridized carbons (Fsp3) is 0.824. The van der Waals surface area contributed by atoms with Crippen LogP contribution in [0.2, 0.25) is 0 Å². The van der Waals surface area contributed by atoms with Crippen molar-refractivity contribution in [2.75, 3.05) is 39.9 Å². The fourth-order valence-corrected chi connectivity index (χ4v) is 4.06. The van der Waals surface area contributed by atoms with Gasteiger partial charge in [-0.1, -0.05) is 0 Å². The zero-order chi connectivity index (χ0) is 16.6. The van der Waals surface area contributed by atoms with Crippen molar-refractivity contribution in [1.82, 2.24) is 20.0 Å². The minimum Gasteiger partial charge on any atom is -0.424 e. The molecule has 2 saturated heterocycles. The molecular formula is C17H26N4O3. The van der Waals surface area contributed by atoms with Crippen LogP contribution in [0.15, 0.2) is 4.42 Å². The Balaban J connectivity index is 1.38. The highest BCUT2D eigenvalue weighted by Crippen LogP contribution is 2.41. The van der Waals surface area contributed by atoms with Crippen molar-refractivity contribution in [2.45, 2.75) is 44.6 Å². The van der Waals surface area contributed by atoms with Gasteiger partial charge in [-0.2, -0.15) is 0 Å². The van der Waals surface area contributed by atoms with Crippen LogP contribution in [0.3, 0.4) is 0 Å². The summed E-state index contributed by atoms with van der Waals surface area (Å²) in [5, 5.41) is 8.33. The van der Waals surface area contributed by atoms with E-state index in [1.807, 2.05) is 4.90 Å². The third kappa shape index (κ3) is 3.07. The quantitative estimate of drug-likeness (QED) is 0.783. The predicted molar refractivity (Wildman–Crippen MR) is 86.3 cm³/mol. The van der Waals surface area contributed by atoms with E-state index in [1.54, 1.807) is 7.11 Å². The van der Waals surface area contributed by atoms with Crippen LogP contribution in [0.1, 0.15) is 49.8 Å². The summed E-state index contributed by atoms with van der Waals surface area (Å²) in [6.07, 6.45) is 5.33. The van der Waals surface area contributed by atoms with Crippen LogP contribution in [0.4, 0.5) is 0 Å². The number of ether oxygens (including phenoxy) is 1. The summed E-state index contributed by atoms with van der Waals surface area (Å²) in [4.78, 5) is 17.2. The van der Waals surface area contributed by atoms with E-state index in [4.69, 9.17) is 9.15 Å². The average molecular weight is 334 g/mol. The zero-order valence-corrected chi connectivity index (χ0v) is 14.4. The first-order valence-electron chi connectivity index (χ1n) is 9.03. The summed E-state index contributed by atoms with van der Waals surface area (Å²) in [7, 11) is 1.68. The molecule has 0 radical (unpaired) electrons. The molecule has 7 nitrogen and oxygen atoms in total. The molecule has 1 spiro atoms. The highest BCUT2D eigenvalue weighted by molar-refractivity contribution is 5.84. The fourth-order valence-electron chi connectivity index (χ4n) is 4.06. The molecule has 1 atom stereocenters. The largest absolute Gasteiger partial charge is 0.424 e. The molecular weight excluding hydrogens is 308 g/mol. The molecule has 0 bridgehead atoms. The third-order valence-electron chi connectivity index (χ3n) is 5.59. The maximum Gasteiger partial charge on any atom is 0.230 e. The molecule has 3 fully saturated rings. The van der Waals surface area contributed by atoms with Gasteiger partial charge < -0.3 is 14.1 Å². The van der Waals surface area contributed by atoms with Crippen molar-refractivity contribution >= 4 is 5.91 Å². The number of hydrogen-bond donors (Lipinski definition) is 0. The van der Waals surface area contributed by atoms with Gasteiger partial charge >= 0.3 is 0 Å². The van der Waals surface area contributed by atoms with E-state index in [2.05, 4.69) is 15.1 Å². The lowest BCUT2D eigenvalue weighted by Crippen LogP contribution is -2.50. The minimum absolute atomic E-state index is 0.217. The number of hydrogen-bond acceptors (Lipinski definition) is 6. The monoisotopic (exact) mass is 334 g/mol. The highest BCUT2D eigenvalue weighted by atomic mass is 16.5. The van der Waals surface area contributed by atoms with Crippen LogP contribution in [0.25, 0.3) is 0 Å². The van der Waals surface area contributed by atoms with Crippen LogP contribution >= 0.6 is 0 Å². The van der Waals surface area contributed by atoms with E-state index < -0.39 is 0 Å². The highest BCUT2D eigenvalue weighted by Gasteiger charge is 2.48. The van der Waals surface area contributed by atoms with E-state index in [9.17, 15) is 4.79 Å². The molecule has 1 aromatic heterocycles. The molecule has 0 aromatic carbocycles. The van der Waals surface area contributed by atoms with Crippen molar-refractivity contribution in [1.29, 1.82) is 0 Å². The molecule has 4 rings (SSSR count). The Labute approximate surface area is 142 Å². The van der Waals surface area contributed by atoms with E-state index >= 15 is 0 Å². The molecule has 1 aromatic rings. The molecule has 24 heavy (non-hydrogen) atoms. The number of methoxy groups -OCH3 is 1. The second-order valence-corrected chi connectivity index (χ2v) is 7.44. The van der Waals surface area contributed by atoms with Crippen molar-refractivity contribution < 1.29 is 13.9 Å². The molecule has 0 N–H and O–H groups in total. The summed E-state index contributed by atoms with van der Waals surface area (Å²) >= 11 is 0. The number of carbonyl (C=O) groups excluding carboxylic acids is 1. The molecule has 1 aliphatic carbocycles. The predicted octanol–water partition coefficient (Wildman–Crippen LogP) is 1.41.